The Morgan fingerprint density at radius 3 is 2.80 bits per heavy atom. The lowest BCUT2D eigenvalue weighted by Crippen LogP contribution is -2.27. The number of hydrogen-bond donors (Lipinski definition) is 2. The normalized spacial score (nSPS) is 13.3. The minimum atomic E-state index is -3.67. The molecular weight excluding hydrogens is 364 g/mol. The quantitative estimate of drug-likeness (QED) is 0.839. The maximum Gasteiger partial charge on any atom is 0.243 e. The van der Waals surface area contributed by atoms with Crippen LogP contribution in [0.15, 0.2) is 39.1 Å². The van der Waals surface area contributed by atoms with Gasteiger partial charge in [-0.15, -0.1) is 11.3 Å². The van der Waals surface area contributed by atoms with Gasteiger partial charge in [0.05, 0.1) is 22.1 Å². The SMILES string of the molecule is CC(NS(=O)(=O)c1cc(CO)sc1Br)c1ccccn1. The van der Waals surface area contributed by atoms with Crippen molar-refractivity contribution < 1.29 is 13.5 Å². The van der Waals surface area contributed by atoms with Crippen molar-refractivity contribution in [1.82, 2.24) is 9.71 Å². The van der Waals surface area contributed by atoms with E-state index in [2.05, 4.69) is 25.6 Å². The van der Waals surface area contributed by atoms with E-state index in [-0.39, 0.29) is 11.5 Å². The molecule has 2 N–H and O–H groups in total. The van der Waals surface area contributed by atoms with Gasteiger partial charge in [-0.1, -0.05) is 6.07 Å². The molecule has 0 amide bonds. The van der Waals surface area contributed by atoms with Gasteiger partial charge in [0, 0.05) is 11.1 Å². The van der Waals surface area contributed by atoms with Gasteiger partial charge in [-0.25, -0.2) is 13.1 Å². The van der Waals surface area contributed by atoms with Crippen molar-refractivity contribution in [1.29, 1.82) is 0 Å². The van der Waals surface area contributed by atoms with Gasteiger partial charge < -0.3 is 5.11 Å². The molecule has 8 heteroatoms. The third-order valence-corrected chi connectivity index (χ3v) is 6.39. The summed E-state index contributed by atoms with van der Waals surface area (Å²) in [5.41, 5.74) is 0.643. The molecule has 0 aromatic carbocycles. The molecule has 0 aliphatic heterocycles. The zero-order valence-electron chi connectivity index (χ0n) is 10.6. The van der Waals surface area contributed by atoms with Crippen LogP contribution in [0.25, 0.3) is 0 Å². The Labute approximate surface area is 129 Å². The molecule has 0 spiro atoms. The number of hydrogen-bond acceptors (Lipinski definition) is 5. The highest BCUT2D eigenvalue weighted by Gasteiger charge is 2.23. The van der Waals surface area contributed by atoms with Gasteiger partial charge >= 0.3 is 0 Å². The standard InChI is InChI=1S/C12H13BrN2O3S2/c1-8(10-4-2-3-5-14-10)15-20(17,18)11-6-9(7-16)19-12(11)13/h2-6,8,15-16H,7H2,1H3. The number of thiophene rings is 1. The molecule has 0 saturated carbocycles. The number of sulfonamides is 1. The number of pyridine rings is 1. The van der Waals surface area contributed by atoms with E-state index in [1.807, 2.05) is 0 Å². The summed E-state index contributed by atoms with van der Waals surface area (Å²) in [6.45, 7) is 1.54. The smallest absolute Gasteiger partial charge is 0.243 e. The second-order valence-corrected chi connectivity index (χ2v) is 8.24. The van der Waals surface area contributed by atoms with Crippen molar-refractivity contribution in [3.05, 3.63) is 44.8 Å². The van der Waals surface area contributed by atoms with Crippen LogP contribution in [-0.2, 0) is 16.6 Å². The predicted octanol–water partition coefficient (Wildman–Crippen LogP) is 2.44. The van der Waals surface area contributed by atoms with Crippen LogP contribution in [-0.4, -0.2) is 18.5 Å². The van der Waals surface area contributed by atoms with Crippen molar-refractivity contribution in [3.63, 3.8) is 0 Å². The zero-order chi connectivity index (χ0) is 14.8. The lowest BCUT2D eigenvalue weighted by atomic mass is 10.2. The van der Waals surface area contributed by atoms with Crippen LogP contribution in [0.1, 0.15) is 23.5 Å². The summed E-state index contributed by atoms with van der Waals surface area (Å²) in [5.74, 6) is 0. The highest BCUT2D eigenvalue weighted by Crippen LogP contribution is 2.32. The molecule has 5 nitrogen and oxygen atoms in total. The van der Waals surface area contributed by atoms with E-state index < -0.39 is 16.1 Å². The summed E-state index contributed by atoms with van der Waals surface area (Å²) in [7, 11) is -3.67. The molecule has 2 aromatic rings. The first-order valence-corrected chi connectivity index (χ1v) is 8.85. The molecule has 1 unspecified atom stereocenters. The van der Waals surface area contributed by atoms with E-state index >= 15 is 0 Å². The highest BCUT2D eigenvalue weighted by molar-refractivity contribution is 9.11. The molecule has 0 fully saturated rings. The van der Waals surface area contributed by atoms with E-state index in [9.17, 15) is 8.42 Å². The number of nitrogens with zero attached hydrogens (tertiary/aromatic N) is 1. The van der Waals surface area contributed by atoms with Crippen molar-refractivity contribution in [2.75, 3.05) is 0 Å². The largest absolute Gasteiger partial charge is 0.391 e. The first-order chi connectivity index (χ1) is 9.44. The Kier molecular flexibility index (Phi) is 4.92. The van der Waals surface area contributed by atoms with Gasteiger partial charge in [0.1, 0.15) is 4.90 Å². The first kappa shape index (κ1) is 15.6. The van der Waals surface area contributed by atoms with Crippen LogP contribution >= 0.6 is 27.3 Å². The third kappa shape index (κ3) is 3.44. The van der Waals surface area contributed by atoms with E-state index in [0.29, 0.717) is 14.4 Å². The monoisotopic (exact) mass is 376 g/mol. The molecule has 0 bridgehead atoms. The number of halogens is 1. The summed E-state index contributed by atoms with van der Waals surface area (Å²) in [5, 5.41) is 9.07. The molecule has 0 radical (unpaired) electrons. The van der Waals surface area contributed by atoms with Gasteiger partial charge in [-0.05, 0) is 41.1 Å². The average Bonchev–Trinajstić information content (AvgIpc) is 2.81. The summed E-state index contributed by atoms with van der Waals surface area (Å²) >= 11 is 4.41. The van der Waals surface area contributed by atoms with Crippen LogP contribution < -0.4 is 4.72 Å². The summed E-state index contributed by atoms with van der Waals surface area (Å²) in [4.78, 5) is 4.84. The van der Waals surface area contributed by atoms with Crippen LogP contribution in [0.3, 0.4) is 0 Å². The zero-order valence-corrected chi connectivity index (χ0v) is 13.8. The molecule has 0 aliphatic carbocycles. The number of nitrogens with one attached hydrogen (secondary N) is 1. The third-order valence-electron chi connectivity index (χ3n) is 2.62. The number of aliphatic hydroxyl groups is 1. The average molecular weight is 377 g/mol. The molecule has 20 heavy (non-hydrogen) atoms. The second-order valence-electron chi connectivity index (χ2n) is 4.11. The fraction of sp³-hybridized carbons (Fsp3) is 0.250. The van der Waals surface area contributed by atoms with Crippen molar-refractivity contribution in [2.24, 2.45) is 0 Å². The predicted molar refractivity (Wildman–Crippen MR) is 80.9 cm³/mol. The number of aromatic nitrogens is 1. The van der Waals surface area contributed by atoms with Gasteiger partial charge in [0.2, 0.25) is 10.0 Å². The lowest BCUT2D eigenvalue weighted by Gasteiger charge is -2.13. The molecule has 2 aromatic heterocycles. The maximum atomic E-state index is 12.3. The maximum absolute atomic E-state index is 12.3. The Morgan fingerprint density at radius 2 is 2.25 bits per heavy atom. The van der Waals surface area contributed by atoms with Gasteiger partial charge in [-0.2, -0.15) is 0 Å². The molecule has 1 atom stereocenters. The minimum absolute atomic E-state index is 0.134. The topological polar surface area (TPSA) is 79.3 Å². The van der Waals surface area contributed by atoms with E-state index in [0.717, 1.165) is 0 Å². The Balaban J connectivity index is 2.25. The lowest BCUT2D eigenvalue weighted by molar-refractivity contribution is 0.285. The highest BCUT2D eigenvalue weighted by atomic mass is 79.9. The molecular formula is C12H13BrN2O3S2. The van der Waals surface area contributed by atoms with Crippen LogP contribution in [0, 0.1) is 0 Å². The molecule has 0 saturated heterocycles. The van der Waals surface area contributed by atoms with Crippen LogP contribution in [0.5, 0.6) is 0 Å². The van der Waals surface area contributed by atoms with E-state index in [1.165, 1.54) is 17.4 Å². The van der Waals surface area contributed by atoms with Crippen molar-refractivity contribution >= 4 is 37.3 Å². The Hall–Kier alpha value is -0.800. The summed E-state index contributed by atoms with van der Waals surface area (Å²) < 4.78 is 27.7. The molecule has 108 valence electrons. The summed E-state index contributed by atoms with van der Waals surface area (Å²) in [6.07, 6.45) is 1.62. The van der Waals surface area contributed by atoms with Gasteiger partial charge in [-0.3, -0.25) is 4.98 Å². The molecule has 2 rings (SSSR count). The first-order valence-electron chi connectivity index (χ1n) is 5.76. The van der Waals surface area contributed by atoms with E-state index in [1.54, 1.807) is 31.3 Å². The van der Waals surface area contributed by atoms with Crippen LogP contribution in [0.4, 0.5) is 0 Å². The number of aliphatic hydroxyl groups excluding tert-OH is 1. The number of rotatable bonds is 5. The van der Waals surface area contributed by atoms with E-state index in [4.69, 9.17) is 5.11 Å². The van der Waals surface area contributed by atoms with Gasteiger partial charge in [0.15, 0.2) is 0 Å². The Morgan fingerprint density at radius 1 is 1.50 bits per heavy atom. The fourth-order valence-corrected chi connectivity index (χ4v) is 5.41. The molecule has 0 aliphatic rings. The molecule has 2 heterocycles. The van der Waals surface area contributed by atoms with Crippen LogP contribution in [0.2, 0.25) is 0 Å². The van der Waals surface area contributed by atoms with Gasteiger partial charge in [0.25, 0.3) is 0 Å². The second kappa shape index (κ2) is 6.31. The Bertz CT molecular complexity index is 686. The van der Waals surface area contributed by atoms with Crippen molar-refractivity contribution in [2.45, 2.75) is 24.5 Å². The summed E-state index contributed by atoms with van der Waals surface area (Å²) in [6, 6.07) is 6.35. The van der Waals surface area contributed by atoms with Crippen molar-refractivity contribution in [3.8, 4) is 0 Å². The minimum Gasteiger partial charge on any atom is -0.391 e. The fourth-order valence-electron chi connectivity index (χ4n) is 1.65.